The maximum atomic E-state index is 12.6. The summed E-state index contributed by atoms with van der Waals surface area (Å²) in [5.74, 6) is -0.0139. The lowest BCUT2D eigenvalue weighted by molar-refractivity contribution is 0.0935. The number of benzene rings is 1. The van der Waals surface area contributed by atoms with Gasteiger partial charge < -0.3 is 10.6 Å². The van der Waals surface area contributed by atoms with E-state index in [4.69, 9.17) is 11.6 Å². The molecule has 2 N–H and O–H groups in total. The Labute approximate surface area is 167 Å². The molecule has 1 atom stereocenters. The van der Waals surface area contributed by atoms with Gasteiger partial charge in [0.25, 0.3) is 5.91 Å². The Morgan fingerprint density at radius 2 is 2.23 bits per heavy atom. The molecule has 1 amide bonds. The third-order valence-corrected chi connectivity index (χ3v) is 5.91. The highest BCUT2D eigenvalue weighted by Gasteiger charge is 2.21. The summed E-state index contributed by atoms with van der Waals surface area (Å²) < 4.78 is 1.83. The molecule has 0 aliphatic carbocycles. The van der Waals surface area contributed by atoms with Crippen molar-refractivity contribution < 1.29 is 4.79 Å². The fraction of sp³-hybridized carbons (Fsp3) is 0.333. The quantitative estimate of drug-likeness (QED) is 0.686. The fourth-order valence-corrected chi connectivity index (χ4v) is 4.47. The van der Waals surface area contributed by atoms with E-state index in [-0.39, 0.29) is 24.4 Å². The smallest absolute Gasteiger partial charge is 0.261 e. The molecule has 0 spiro atoms. The van der Waals surface area contributed by atoms with Gasteiger partial charge in [0.1, 0.15) is 4.83 Å². The van der Waals surface area contributed by atoms with Crippen LogP contribution in [0, 0.1) is 6.92 Å². The number of hydrogen-bond donors (Lipinski definition) is 2. The Kier molecular flexibility index (Phi) is 5.87. The van der Waals surface area contributed by atoms with Crippen molar-refractivity contribution in [2.45, 2.75) is 25.8 Å². The van der Waals surface area contributed by atoms with Gasteiger partial charge in [0.05, 0.1) is 21.3 Å². The summed E-state index contributed by atoms with van der Waals surface area (Å²) in [7, 11) is 0. The van der Waals surface area contributed by atoms with Crippen LogP contribution in [0.5, 0.6) is 0 Å². The van der Waals surface area contributed by atoms with Gasteiger partial charge in [0, 0.05) is 18.0 Å². The monoisotopic (exact) mass is 410 g/mol. The average molecular weight is 411 g/mol. The Bertz CT molecular complexity index is 931. The van der Waals surface area contributed by atoms with Gasteiger partial charge in [0.2, 0.25) is 0 Å². The van der Waals surface area contributed by atoms with Crippen LogP contribution < -0.4 is 10.6 Å². The molecule has 138 valence electrons. The topological polar surface area (TPSA) is 59.0 Å². The lowest BCUT2D eigenvalue weighted by Gasteiger charge is -2.23. The molecule has 5 nitrogen and oxygen atoms in total. The van der Waals surface area contributed by atoms with Gasteiger partial charge in [-0.2, -0.15) is 5.10 Å². The van der Waals surface area contributed by atoms with Crippen LogP contribution in [0.25, 0.3) is 15.9 Å². The lowest BCUT2D eigenvalue weighted by atomic mass is 10.1. The first-order chi connectivity index (χ1) is 12.1. The number of fused-ring (bicyclic) bond motifs is 1. The van der Waals surface area contributed by atoms with Gasteiger partial charge in [-0.25, -0.2) is 4.68 Å². The van der Waals surface area contributed by atoms with Crippen molar-refractivity contribution in [2.75, 3.05) is 13.1 Å². The predicted octanol–water partition coefficient (Wildman–Crippen LogP) is 3.95. The van der Waals surface area contributed by atoms with E-state index in [1.165, 1.54) is 11.3 Å². The molecule has 0 saturated carbocycles. The normalized spacial score (nSPS) is 17.1. The van der Waals surface area contributed by atoms with Crippen molar-refractivity contribution in [3.05, 3.63) is 45.9 Å². The Hall–Kier alpha value is -1.60. The highest BCUT2D eigenvalue weighted by molar-refractivity contribution is 7.20. The number of carbonyl (C=O) groups excluding carboxylic acids is 1. The minimum Gasteiger partial charge on any atom is -0.347 e. The number of hydrogen-bond acceptors (Lipinski definition) is 4. The first-order valence-electron chi connectivity index (χ1n) is 8.39. The minimum absolute atomic E-state index is 0. The van der Waals surface area contributed by atoms with Crippen LogP contribution in [0.2, 0.25) is 5.02 Å². The van der Waals surface area contributed by atoms with Crippen molar-refractivity contribution in [3.8, 4) is 5.69 Å². The summed E-state index contributed by atoms with van der Waals surface area (Å²) in [5, 5.41) is 12.7. The van der Waals surface area contributed by atoms with E-state index < -0.39 is 0 Å². The maximum absolute atomic E-state index is 12.6. The van der Waals surface area contributed by atoms with Crippen molar-refractivity contribution >= 4 is 51.5 Å². The number of nitrogens with zero attached hydrogens (tertiary/aromatic N) is 2. The Morgan fingerprint density at radius 3 is 2.96 bits per heavy atom. The first kappa shape index (κ1) is 19.2. The molecule has 4 rings (SSSR count). The number of aromatic nitrogens is 2. The largest absolute Gasteiger partial charge is 0.347 e. The van der Waals surface area contributed by atoms with Gasteiger partial charge in [0.15, 0.2) is 0 Å². The highest BCUT2D eigenvalue weighted by atomic mass is 35.5. The molecule has 0 unspecified atom stereocenters. The van der Waals surface area contributed by atoms with E-state index in [0.29, 0.717) is 9.90 Å². The van der Waals surface area contributed by atoms with E-state index in [2.05, 4.69) is 15.7 Å². The summed E-state index contributed by atoms with van der Waals surface area (Å²) in [4.78, 5) is 14.3. The molecule has 1 aliphatic rings. The molecule has 1 aliphatic heterocycles. The van der Waals surface area contributed by atoms with Gasteiger partial charge in [-0.1, -0.05) is 23.7 Å². The molecule has 1 saturated heterocycles. The molecule has 3 aromatic rings. The number of carbonyl (C=O) groups is 1. The van der Waals surface area contributed by atoms with Crippen molar-refractivity contribution in [3.63, 3.8) is 0 Å². The van der Waals surface area contributed by atoms with Gasteiger partial charge in [-0.05, 0) is 44.5 Å². The molecule has 0 bridgehead atoms. The average Bonchev–Trinajstić information content (AvgIpc) is 3.17. The molecule has 0 radical (unpaired) electrons. The number of amides is 1. The van der Waals surface area contributed by atoms with Gasteiger partial charge >= 0.3 is 0 Å². The minimum atomic E-state index is -0.0139. The van der Waals surface area contributed by atoms with E-state index in [1.54, 1.807) is 0 Å². The number of thiophene rings is 1. The molecular formula is C18H20Cl2N4OS. The molecule has 2 aromatic heterocycles. The summed E-state index contributed by atoms with van der Waals surface area (Å²) in [6.07, 6.45) is 2.12. The van der Waals surface area contributed by atoms with Crippen LogP contribution in [0.15, 0.2) is 30.3 Å². The molecule has 8 heteroatoms. The summed E-state index contributed by atoms with van der Waals surface area (Å²) in [6, 6.07) is 9.74. The summed E-state index contributed by atoms with van der Waals surface area (Å²) in [6.45, 7) is 3.82. The molecule has 26 heavy (non-hydrogen) atoms. The third kappa shape index (κ3) is 3.60. The van der Waals surface area contributed by atoms with Crippen LogP contribution in [-0.2, 0) is 0 Å². The number of halogens is 2. The number of para-hydroxylation sites is 1. The van der Waals surface area contributed by atoms with E-state index in [1.807, 2.05) is 41.9 Å². The van der Waals surface area contributed by atoms with E-state index in [0.717, 1.165) is 47.5 Å². The van der Waals surface area contributed by atoms with Gasteiger partial charge in [-0.15, -0.1) is 23.7 Å². The second-order valence-electron chi connectivity index (χ2n) is 6.29. The number of nitrogens with one attached hydrogen (secondary N) is 2. The Balaban J connectivity index is 0.00000196. The number of piperidine rings is 1. The Morgan fingerprint density at radius 1 is 1.42 bits per heavy atom. The zero-order valence-electron chi connectivity index (χ0n) is 14.3. The van der Waals surface area contributed by atoms with Crippen LogP contribution in [0.3, 0.4) is 0 Å². The fourth-order valence-electron chi connectivity index (χ4n) is 3.18. The standard InChI is InChI=1S/C18H19ClN4OS.ClH/c1-11-13-9-16(17(24)21-12-5-4-8-20-10-12)25-18(13)23(22-11)15-7-3-2-6-14(15)19;/h2-3,6-7,9,12,20H,4-5,8,10H2,1H3,(H,21,24);1H/t12-;/m0./s1. The molecule has 1 fully saturated rings. The summed E-state index contributed by atoms with van der Waals surface area (Å²) >= 11 is 7.78. The van der Waals surface area contributed by atoms with E-state index in [9.17, 15) is 4.79 Å². The SMILES string of the molecule is Cc1nn(-c2ccccc2Cl)c2sc(C(=O)N[C@H]3CCCNC3)cc12.Cl. The zero-order valence-corrected chi connectivity index (χ0v) is 16.7. The molecular weight excluding hydrogens is 391 g/mol. The second kappa shape index (κ2) is 7.96. The number of aryl methyl sites for hydroxylation is 1. The van der Waals surface area contributed by atoms with Crippen LogP contribution in [-0.4, -0.2) is 34.8 Å². The second-order valence-corrected chi connectivity index (χ2v) is 7.73. The van der Waals surface area contributed by atoms with Crippen molar-refractivity contribution in [1.29, 1.82) is 0 Å². The molecule has 3 heterocycles. The van der Waals surface area contributed by atoms with Crippen molar-refractivity contribution in [2.24, 2.45) is 0 Å². The first-order valence-corrected chi connectivity index (χ1v) is 9.58. The highest BCUT2D eigenvalue weighted by Crippen LogP contribution is 2.32. The number of rotatable bonds is 3. The summed E-state index contributed by atoms with van der Waals surface area (Å²) in [5.41, 5.74) is 1.72. The third-order valence-electron chi connectivity index (χ3n) is 4.48. The van der Waals surface area contributed by atoms with Crippen molar-refractivity contribution in [1.82, 2.24) is 20.4 Å². The lowest BCUT2D eigenvalue weighted by Crippen LogP contribution is -2.45. The zero-order chi connectivity index (χ0) is 17.4. The van der Waals surface area contributed by atoms with E-state index >= 15 is 0 Å². The van der Waals surface area contributed by atoms with Crippen LogP contribution in [0.1, 0.15) is 28.2 Å². The van der Waals surface area contributed by atoms with Crippen LogP contribution in [0.4, 0.5) is 0 Å². The predicted molar refractivity (Wildman–Crippen MR) is 109 cm³/mol. The molecule has 1 aromatic carbocycles. The van der Waals surface area contributed by atoms with Gasteiger partial charge in [-0.3, -0.25) is 4.79 Å². The maximum Gasteiger partial charge on any atom is 0.261 e. The van der Waals surface area contributed by atoms with Crippen LogP contribution >= 0.6 is 35.3 Å².